The Kier molecular flexibility index (Phi) is 5.98. The van der Waals surface area contributed by atoms with Crippen LogP contribution in [0.2, 0.25) is 0 Å². The summed E-state index contributed by atoms with van der Waals surface area (Å²) in [6.07, 6.45) is 0.0320. The monoisotopic (exact) mass is 405 g/mol. The number of aromatic nitrogens is 1. The van der Waals surface area contributed by atoms with Crippen molar-refractivity contribution in [2.75, 3.05) is 20.0 Å². The minimum absolute atomic E-state index is 0.0320. The Morgan fingerprint density at radius 3 is 2.47 bits per heavy atom. The minimum atomic E-state index is -0.111. The Morgan fingerprint density at radius 2 is 1.83 bits per heavy atom. The first-order valence-electron chi connectivity index (χ1n) is 9.31. The highest BCUT2D eigenvalue weighted by Crippen LogP contribution is 2.42. The van der Waals surface area contributed by atoms with Crippen molar-refractivity contribution in [3.8, 4) is 51.5 Å². The number of rotatable bonds is 6. The van der Waals surface area contributed by atoms with Crippen molar-refractivity contribution in [1.82, 2.24) is 4.98 Å². The molecule has 0 aliphatic rings. The lowest BCUT2D eigenvalue weighted by Crippen LogP contribution is -2.05. The number of nitrogens with two attached hydrogens (primary N) is 1. The predicted octanol–water partition coefficient (Wildman–Crippen LogP) is 4.38. The van der Waals surface area contributed by atoms with Crippen LogP contribution >= 0.6 is 0 Å². The number of hydrogen-bond donors (Lipinski definition) is 2. The fourth-order valence-corrected chi connectivity index (χ4v) is 3.16. The van der Waals surface area contributed by atoms with Crippen LogP contribution in [0.5, 0.6) is 23.0 Å². The van der Waals surface area contributed by atoms with E-state index in [-0.39, 0.29) is 29.0 Å². The van der Waals surface area contributed by atoms with E-state index in [4.69, 9.17) is 19.9 Å². The van der Waals surface area contributed by atoms with Crippen molar-refractivity contribution in [2.24, 2.45) is 0 Å². The number of methoxy groups -OCH3 is 2. The SMILES string of the molecule is COc1cc(-c2cc(-c3cccc(OC(C)C)c3)nc(N)c2C#N)cc(O)c1OC. The molecule has 0 radical (unpaired) electrons. The highest BCUT2D eigenvalue weighted by Gasteiger charge is 2.18. The molecule has 0 aliphatic carbocycles. The molecule has 154 valence electrons. The fourth-order valence-electron chi connectivity index (χ4n) is 3.16. The average Bonchev–Trinajstić information content (AvgIpc) is 2.72. The number of benzene rings is 2. The second-order valence-corrected chi connectivity index (χ2v) is 6.85. The van der Waals surface area contributed by atoms with E-state index in [9.17, 15) is 10.4 Å². The Hall–Kier alpha value is -3.92. The lowest BCUT2D eigenvalue weighted by Gasteiger charge is -2.15. The molecule has 2 aromatic carbocycles. The maximum absolute atomic E-state index is 10.4. The summed E-state index contributed by atoms with van der Waals surface area (Å²) in [5.74, 6) is 1.23. The van der Waals surface area contributed by atoms with Gasteiger partial charge < -0.3 is 25.1 Å². The van der Waals surface area contributed by atoms with E-state index in [1.807, 2.05) is 38.1 Å². The van der Waals surface area contributed by atoms with Crippen LogP contribution in [0, 0.1) is 11.3 Å². The summed E-state index contributed by atoms with van der Waals surface area (Å²) in [7, 11) is 2.91. The van der Waals surface area contributed by atoms with Crippen molar-refractivity contribution in [1.29, 1.82) is 5.26 Å². The summed E-state index contributed by atoms with van der Waals surface area (Å²) >= 11 is 0. The number of nitriles is 1. The van der Waals surface area contributed by atoms with E-state index in [0.29, 0.717) is 28.3 Å². The number of anilines is 1. The second-order valence-electron chi connectivity index (χ2n) is 6.85. The molecule has 0 atom stereocenters. The largest absolute Gasteiger partial charge is 0.504 e. The highest BCUT2D eigenvalue weighted by molar-refractivity contribution is 5.82. The molecular formula is C23H23N3O4. The van der Waals surface area contributed by atoms with E-state index in [0.717, 1.165) is 5.56 Å². The minimum Gasteiger partial charge on any atom is -0.504 e. The van der Waals surface area contributed by atoms with E-state index in [1.54, 1.807) is 12.1 Å². The summed E-state index contributed by atoms with van der Waals surface area (Å²) in [5, 5.41) is 20.0. The maximum atomic E-state index is 10.4. The number of hydrogen-bond acceptors (Lipinski definition) is 7. The van der Waals surface area contributed by atoms with Gasteiger partial charge in [-0.05, 0) is 49.7 Å². The summed E-state index contributed by atoms with van der Waals surface area (Å²) < 4.78 is 16.3. The molecule has 3 rings (SSSR count). The lowest BCUT2D eigenvalue weighted by atomic mass is 9.97. The molecule has 1 heterocycles. The van der Waals surface area contributed by atoms with Crippen molar-refractivity contribution in [2.45, 2.75) is 20.0 Å². The van der Waals surface area contributed by atoms with Crippen LogP contribution in [0.25, 0.3) is 22.4 Å². The number of nitrogens with zero attached hydrogens (tertiary/aromatic N) is 2. The zero-order valence-electron chi connectivity index (χ0n) is 17.3. The van der Waals surface area contributed by atoms with Gasteiger partial charge in [0.1, 0.15) is 23.2 Å². The number of phenolic OH excluding ortho intramolecular Hbond substituents is 1. The third-order valence-corrected chi connectivity index (χ3v) is 4.43. The highest BCUT2D eigenvalue weighted by atomic mass is 16.5. The Bertz CT molecular complexity index is 1120. The molecule has 3 aromatic rings. The van der Waals surface area contributed by atoms with Gasteiger partial charge in [-0.25, -0.2) is 4.98 Å². The molecule has 0 bridgehead atoms. The number of ether oxygens (including phenoxy) is 3. The van der Waals surface area contributed by atoms with Gasteiger partial charge in [-0.15, -0.1) is 0 Å². The van der Waals surface area contributed by atoms with Gasteiger partial charge >= 0.3 is 0 Å². The van der Waals surface area contributed by atoms with Crippen molar-refractivity contribution in [3.05, 3.63) is 48.0 Å². The fraction of sp³-hybridized carbons (Fsp3) is 0.217. The van der Waals surface area contributed by atoms with Crippen molar-refractivity contribution >= 4 is 5.82 Å². The van der Waals surface area contributed by atoms with Gasteiger partial charge in [0, 0.05) is 11.1 Å². The summed E-state index contributed by atoms with van der Waals surface area (Å²) in [4.78, 5) is 4.40. The van der Waals surface area contributed by atoms with Gasteiger partial charge in [0.15, 0.2) is 11.5 Å². The first kappa shape index (κ1) is 20.8. The van der Waals surface area contributed by atoms with E-state index < -0.39 is 0 Å². The van der Waals surface area contributed by atoms with E-state index in [2.05, 4.69) is 11.1 Å². The Labute approximate surface area is 175 Å². The van der Waals surface area contributed by atoms with Crippen LogP contribution in [0.15, 0.2) is 42.5 Å². The number of phenols is 1. The average molecular weight is 405 g/mol. The van der Waals surface area contributed by atoms with Crippen LogP contribution in [-0.2, 0) is 0 Å². The molecule has 0 aliphatic heterocycles. The topological polar surface area (TPSA) is 111 Å². The quantitative estimate of drug-likeness (QED) is 0.626. The molecule has 3 N–H and O–H groups in total. The van der Waals surface area contributed by atoms with E-state index >= 15 is 0 Å². The van der Waals surface area contributed by atoms with Gasteiger partial charge in [-0.1, -0.05) is 12.1 Å². The molecule has 30 heavy (non-hydrogen) atoms. The molecule has 7 heteroatoms. The van der Waals surface area contributed by atoms with Crippen LogP contribution < -0.4 is 19.9 Å². The first-order valence-corrected chi connectivity index (χ1v) is 9.31. The normalized spacial score (nSPS) is 10.5. The smallest absolute Gasteiger partial charge is 0.203 e. The van der Waals surface area contributed by atoms with Gasteiger partial charge in [0.05, 0.1) is 26.0 Å². The Balaban J connectivity index is 2.19. The number of pyridine rings is 1. The van der Waals surface area contributed by atoms with Gasteiger partial charge in [-0.2, -0.15) is 5.26 Å². The Morgan fingerprint density at radius 1 is 1.07 bits per heavy atom. The molecule has 7 nitrogen and oxygen atoms in total. The second kappa shape index (κ2) is 8.62. The molecule has 0 unspecified atom stereocenters. The zero-order chi connectivity index (χ0) is 21.8. The first-order chi connectivity index (χ1) is 14.4. The summed E-state index contributed by atoms with van der Waals surface area (Å²) in [5.41, 5.74) is 8.74. The standard InChI is InChI=1S/C23H23N3O4/c1-13(2)30-16-7-5-6-14(8-16)19-11-17(18(12-24)23(25)26-19)15-9-20(27)22(29-4)21(10-15)28-3/h5-11,13,27H,1-4H3,(H2,25,26). The zero-order valence-corrected chi connectivity index (χ0v) is 17.3. The third kappa shape index (κ3) is 4.08. The number of nitrogen functional groups attached to an aromatic ring is 1. The van der Waals surface area contributed by atoms with Gasteiger partial charge in [-0.3, -0.25) is 0 Å². The molecule has 0 spiro atoms. The molecule has 0 saturated carbocycles. The lowest BCUT2D eigenvalue weighted by molar-refractivity contribution is 0.242. The van der Waals surface area contributed by atoms with E-state index in [1.165, 1.54) is 20.3 Å². The number of aromatic hydroxyl groups is 1. The van der Waals surface area contributed by atoms with Crippen LogP contribution in [-0.4, -0.2) is 30.4 Å². The molecule has 0 fully saturated rings. The molecule has 0 amide bonds. The predicted molar refractivity (Wildman–Crippen MR) is 115 cm³/mol. The molecule has 0 saturated heterocycles. The third-order valence-electron chi connectivity index (χ3n) is 4.43. The molecular weight excluding hydrogens is 382 g/mol. The van der Waals surface area contributed by atoms with Gasteiger partial charge in [0.2, 0.25) is 5.75 Å². The van der Waals surface area contributed by atoms with Crippen LogP contribution in [0.3, 0.4) is 0 Å². The van der Waals surface area contributed by atoms with Crippen LogP contribution in [0.4, 0.5) is 5.82 Å². The van der Waals surface area contributed by atoms with Gasteiger partial charge in [0.25, 0.3) is 0 Å². The van der Waals surface area contributed by atoms with Crippen molar-refractivity contribution in [3.63, 3.8) is 0 Å². The van der Waals surface area contributed by atoms with Crippen LogP contribution in [0.1, 0.15) is 19.4 Å². The summed E-state index contributed by atoms with van der Waals surface area (Å²) in [6.45, 7) is 3.90. The summed E-state index contributed by atoms with van der Waals surface area (Å²) in [6, 6.07) is 14.5. The molecule has 1 aromatic heterocycles. The van der Waals surface area contributed by atoms with Crippen molar-refractivity contribution < 1.29 is 19.3 Å². The maximum Gasteiger partial charge on any atom is 0.203 e.